The number of rotatable bonds is 1. The van der Waals surface area contributed by atoms with Crippen molar-refractivity contribution in [2.24, 2.45) is 5.92 Å². The average molecular weight is 186 g/mol. The van der Waals surface area contributed by atoms with Gasteiger partial charge in [-0.05, 0) is 0 Å². The first kappa shape index (κ1) is 8.02. The van der Waals surface area contributed by atoms with Crippen molar-refractivity contribution in [1.82, 2.24) is 0 Å². The van der Waals surface area contributed by atoms with E-state index >= 15 is 0 Å². The van der Waals surface area contributed by atoms with Crippen molar-refractivity contribution in [3.8, 4) is 0 Å². The fraction of sp³-hybridized carbons (Fsp3) is 0.625. The molecule has 0 aromatic heterocycles. The Labute approximate surface area is 76.0 Å². The van der Waals surface area contributed by atoms with Gasteiger partial charge in [-0.3, -0.25) is 0 Å². The lowest BCUT2D eigenvalue weighted by atomic mass is 10.1. The minimum absolute atomic E-state index is 0.418. The highest BCUT2D eigenvalue weighted by Crippen LogP contribution is 2.39. The van der Waals surface area contributed by atoms with E-state index in [4.69, 9.17) is 4.74 Å². The highest BCUT2D eigenvalue weighted by Gasteiger charge is 2.26. The zero-order valence-corrected chi connectivity index (χ0v) is 7.79. The van der Waals surface area contributed by atoms with Crippen LogP contribution in [0.3, 0.4) is 0 Å². The summed E-state index contributed by atoms with van der Waals surface area (Å²) in [6.45, 7) is 3.74. The maximum atomic E-state index is 5.13. The lowest BCUT2D eigenvalue weighted by molar-refractivity contribution is 0.198. The minimum atomic E-state index is 0.418. The van der Waals surface area contributed by atoms with E-state index in [0.717, 1.165) is 0 Å². The molecule has 3 heteroatoms. The van der Waals surface area contributed by atoms with Gasteiger partial charge in [-0.25, -0.2) is 0 Å². The second-order valence-electron chi connectivity index (χ2n) is 2.49. The largest absolute Gasteiger partial charge is 0.364 e. The topological polar surface area (TPSA) is 9.23 Å². The van der Waals surface area contributed by atoms with E-state index in [1.54, 1.807) is 0 Å². The van der Waals surface area contributed by atoms with Crippen LogP contribution in [-0.4, -0.2) is 22.7 Å². The van der Waals surface area contributed by atoms with Gasteiger partial charge in [-0.15, -0.1) is 23.5 Å². The molecule has 1 saturated heterocycles. The van der Waals surface area contributed by atoms with Crippen molar-refractivity contribution >= 4 is 23.5 Å². The molecular weight excluding hydrogens is 176 g/mol. The molecule has 1 atom stereocenters. The number of thioether (sulfide) groups is 2. The Hall–Kier alpha value is 0.400. The zero-order valence-electron chi connectivity index (χ0n) is 6.16. The number of hydrogen-bond donors (Lipinski definition) is 0. The van der Waals surface area contributed by atoms with Gasteiger partial charge in [0, 0.05) is 17.4 Å². The molecule has 2 rings (SSSR count). The smallest absolute Gasteiger partial charge is 0.142 e. The number of ether oxygens (including phenoxy) is 1. The molecule has 11 heavy (non-hydrogen) atoms. The Bertz CT molecular complexity index is 152. The van der Waals surface area contributed by atoms with Crippen LogP contribution in [-0.2, 0) is 4.74 Å². The maximum absolute atomic E-state index is 5.13. The minimum Gasteiger partial charge on any atom is -0.364 e. The molecule has 2 aliphatic rings. The summed E-state index contributed by atoms with van der Waals surface area (Å²) in [4.78, 5) is 0. The Morgan fingerprint density at radius 1 is 1.36 bits per heavy atom. The molecule has 0 amide bonds. The van der Waals surface area contributed by atoms with Crippen molar-refractivity contribution in [1.29, 1.82) is 0 Å². The van der Waals surface area contributed by atoms with Gasteiger partial charge < -0.3 is 4.74 Å². The van der Waals surface area contributed by atoms with E-state index in [1.165, 1.54) is 11.5 Å². The quantitative estimate of drug-likeness (QED) is 0.580. The lowest BCUT2D eigenvalue weighted by Crippen LogP contribution is -2.15. The van der Waals surface area contributed by atoms with Crippen molar-refractivity contribution in [2.45, 2.75) is 4.58 Å². The molecule has 2 heterocycles. The van der Waals surface area contributed by atoms with Crippen LogP contribution in [0, 0.1) is 12.5 Å². The predicted molar refractivity (Wildman–Crippen MR) is 50.5 cm³/mol. The van der Waals surface area contributed by atoms with Gasteiger partial charge >= 0.3 is 0 Å². The third-order valence-electron chi connectivity index (χ3n) is 1.68. The molecule has 0 aliphatic carbocycles. The van der Waals surface area contributed by atoms with E-state index in [2.05, 4.69) is 18.8 Å². The van der Waals surface area contributed by atoms with Crippen LogP contribution in [0.25, 0.3) is 0 Å². The van der Waals surface area contributed by atoms with Crippen LogP contribution < -0.4 is 0 Å². The summed E-state index contributed by atoms with van der Waals surface area (Å²) in [5.74, 6) is 2.98. The van der Waals surface area contributed by atoms with Crippen molar-refractivity contribution in [2.75, 3.05) is 18.1 Å². The van der Waals surface area contributed by atoms with Gasteiger partial charge in [0.05, 0.1) is 11.2 Å². The molecule has 0 aromatic rings. The molecule has 2 radical (unpaired) electrons. The van der Waals surface area contributed by atoms with Crippen LogP contribution in [0.2, 0.25) is 0 Å². The van der Waals surface area contributed by atoms with E-state index in [9.17, 15) is 0 Å². The summed E-state index contributed by atoms with van der Waals surface area (Å²) < 4.78 is 5.79. The Morgan fingerprint density at radius 3 is 2.82 bits per heavy atom. The average Bonchev–Trinajstić information content (AvgIpc) is 2.58. The summed E-state index contributed by atoms with van der Waals surface area (Å²) in [7, 11) is 0. The fourth-order valence-electron chi connectivity index (χ4n) is 1.16. The first-order chi connectivity index (χ1) is 5.47. The molecule has 0 aromatic carbocycles. The normalized spacial score (nSPS) is 32.9. The number of hydrogen-bond acceptors (Lipinski definition) is 3. The highest BCUT2D eigenvalue weighted by molar-refractivity contribution is 8.20. The van der Waals surface area contributed by atoms with Crippen LogP contribution in [0.15, 0.2) is 12.2 Å². The molecule has 0 bridgehead atoms. The molecule has 1 unspecified atom stereocenters. The van der Waals surface area contributed by atoms with Gasteiger partial charge in [0.1, 0.15) is 6.61 Å². The highest BCUT2D eigenvalue weighted by atomic mass is 32.2. The van der Waals surface area contributed by atoms with Crippen molar-refractivity contribution < 1.29 is 4.74 Å². The van der Waals surface area contributed by atoms with Gasteiger partial charge in [-0.2, -0.15) is 0 Å². The predicted octanol–water partition coefficient (Wildman–Crippen LogP) is 2.03. The molecule has 2 aliphatic heterocycles. The molecule has 0 saturated carbocycles. The molecule has 0 N–H and O–H groups in total. The second-order valence-corrected chi connectivity index (χ2v) is 5.29. The standard InChI is InChI=1S/C8H10OS2/c1-2-7(6-9-3-1)8-10-4-5-11-8/h1-2,7-8H,3-5H2. The molecular formula is C8H10OS2. The second kappa shape index (κ2) is 3.87. The Morgan fingerprint density at radius 2 is 2.18 bits per heavy atom. The van der Waals surface area contributed by atoms with Gasteiger partial charge in [-0.1, -0.05) is 12.2 Å². The van der Waals surface area contributed by atoms with E-state index < -0.39 is 0 Å². The van der Waals surface area contributed by atoms with E-state index in [0.29, 0.717) is 17.1 Å². The fourth-order valence-corrected chi connectivity index (χ4v) is 4.07. The summed E-state index contributed by atoms with van der Waals surface area (Å²) in [6, 6.07) is 0. The van der Waals surface area contributed by atoms with Gasteiger partial charge in [0.25, 0.3) is 0 Å². The van der Waals surface area contributed by atoms with E-state index in [-0.39, 0.29) is 0 Å². The van der Waals surface area contributed by atoms with Gasteiger partial charge in [0.2, 0.25) is 0 Å². The van der Waals surface area contributed by atoms with Crippen molar-refractivity contribution in [3.05, 3.63) is 18.8 Å². The summed E-state index contributed by atoms with van der Waals surface area (Å²) in [5.41, 5.74) is 0. The monoisotopic (exact) mass is 186 g/mol. The third kappa shape index (κ3) is 1.95. The third-order valence-corrected chi connectivity index (χ3v) is 4.88. The molecule has 1 nitrogen and oxygen atoms in total. The summed E-state index contributed by atoms with van der Waals surface area (Å²) in [5, 5.41) is 0. The first-order valence-corrected chi connectivity index (χ1v) is 5.84. The molecule has 0 spiro atoms. The zero-order chi connectivity index (χ0) is 7.52. The van der Waals surface area contributed by atoms with Crippen LogP contribution in [0.1, 0.15) is 0 Å². The molecule has 1 fully saturated rings. The Kier molecular flexibility index (Phi) is 2.82. The van der Waals surface area contributed by atoms with Crippen LogP contribution in [0.5, 0.6) is 0 Å². The molecule has 60 valence electrons. The SMILES string of the molecule is [C]1OCC=CC1C1SCCS1. The summed E-state index contributed by atoms with van der Waals surface area (Å²) in [6.07, 6.45) is 4.29. The van der Waals surface area contributed by atoms with Crippen molar-refractivity contribution in [3.63, 3.8) is 0 Å². The summed E-state index contributed by atoms with van der Waals surface area (Å²) >= 11 is 4.04. The van der Waals surface area contributed by atoms with Crippen LogP contribution in [0.4, 0.5) is 0 Å². The maximum Gasteiger partial charge on any atom is 0.142 e. The first-order valence-electron chi connectivity index (χ1n) is 3.74. The Balaban J connectivity index is 1.91. The van der Waals surface area contributed by atoms with E-state index in [1.807, 2.05) is 23.5 Å². The van der Waals surface area contributed by atoms with Gasteiger partial charge in [0.15, 0.2) is 0 Å². The van der Waals surface area contributed by atoms with Crippen LogP contribution >= 0.6 is 23.5 Å². The lowest BCUT2D eigenvalue weighted by Gasteiger charge is -2.19.